The number of halogens is 1. The average molecular weight is 451 g/mol. The molecule has 0 fully saturated rings. The Morgan fingerprint density at radius 1 is 1.22 bits per heavy atom. The van der Waals surface area contributed by atoms with Crippen LogP contribution in [0.15, 0.2) is 46.9 Å². The van der Waals surface area contributed by atoms with E-state index in [0.717, 1.165) is 34.9 Å². The number of amides is 1. The summed E-state index contributed by atoms with van der Waals surface area (Å²) in [6.45, 7) is 2.52. The largest absolute Gasteiger partial charge is 0.345 e. The number of hydrogen-bond acceptors (Lipinski definition) is 3. The molecular weight excluding hydrogens is 428 g/mol. The van der Waals surface area contributed by atoms with Gasteiger partial charge in [0.15, 0.2) is 0 Å². The molecule has 1 aliphatic heterocycles. The first-order valence-corrected chi connectivity index (χ1v) is 11.6. The lowest BCUT2D eigenvalue weighted by atomic mass is 9.99. The molecule has 1 amide bonds. The number of nitrogens with zero attached hydrogens (tertiary/aromatic N) is 1. The van der Waals surface area contributed by atoms with Gasteiger partial charge in [0.2, 0.25) is 10.0 Å². The van der Waals surface area contributed by atoms with Crippen molar-refractivity contribution in [2.75, 3.05) is 17.1 Å². The molecule has 0 aliphatic carbocycles. The van der Waals surface area contributed by atoms with Crippen molar-refractivity contribution in [3.05, 3.63) is 63.6 Å². The van der Waals surface area contributed by atoms with Gasteiger partial charge in [-0.2, -0.15) is 0 Å². The maximum atomic E-state index is 12.8. The second-order valence-electron chi connectivity index (χ2n) is 6.77. The Hall–Kier alpha value is -1.86. The number of rotatable bonds is 5. The van der Waals surface area contributed by atoms with Crippen LogP contribution in [0.4, 0.5) is 5.69 Å². The maximum Gasteiger partial charge on any atom is 0.251 e. The van der Waals surface area contributed by atoms with Gasteiger partial charge in [-0.05, 0) is 60.7 Å². The first-order valence-electron chi connectivity index (χ1n) is 8.96. The van der Waals surface area contributed by atoms with Gasteiger partial charge in [0, 0.05) is 16.6 Å². The molecule has 0 unspecified atom stereocenters. The van der Waals surface area contributed by atoms with E-state index in [2.05, 4.69) is 21.2 Å². The van der Waals surface area contributed by atoms with Gasteiger partial charge in [-0.1, -0.05) is 35.0 Å². The minimum absolute atomic E-state index is 0.0749. The van der Waals surface area contributed by atoms with Crippen LogP contribution in [0.5, 0.6) is 0 Å². The molecule has 7 heteroatoms. The number of carbonyl (C=O) groups is 1. The van der Waals surface area contributed by atoms with E-state index in [1.54, 1.807) is 12.1 Å². The second kappa shape index (κ2) is 8.02. The Morgan fingerprint density at radius 2 is 1.93 bits per heavy atom. The molecule has 1 N–H and O–H groups in total. The number of aryl methyl sites for hydroxylation is 1. The fourth-order valence-electron chi connectivity index (χ4n) is 3.41. The number of sulfonamides is 1. The van der Waals surface area contributed by atoms with E-state index in [0.29, 0.717) is 17.8 Å². The van der Waals surface area contributed by atoms with Crippen molar-refractivity contribution < 1.29 is 13.2 Å². The van der Waals surface area contributed by atoms with Crippen LogP contribution in [0.1, 0.15) is 47.3 Å². The summed E-state index contributed by atoms with van der Waals surface area (Å²) in [5.74, 6) is -0.149. The van der Waals surface area contributed by atoms with E-state index in [1.165, 1.54) is 10.6 Å². The van der Waals surface area contributed by atoms with Crippen LogP contribution < -0.4 is 9.62 Å². The minimum Gasteiger partial charge on any atom is -0.345 e. The number of anilines is 1. The van der Waals surface area contributed by atoms with Crippen LogP contribution in [0.25, 0.3) is 0 Å². The Bertz CT molecular complexity index is 942. The van der Waals surface area contributed by atoms with Crippen molar-refractivity contribution >= 4 is 37.5 Å². The molecule has 5 nitrogen and oxygen atoms in total. The van der Waals surface area contributed by atoms with E-state index in [1.807, 2.05) is 37.3 Å². The average Bonchev–Trinajstić information content (AvgIpc) is 2.65. The predicted molar refractivity (Wildman–Crippen MR) is 112 cm³/mol. The molecule has 3 rings (SSSR count). The van der Waals surface area contributed by atoms with Crippen molar-refractivity contribution in [2.45, 2.75) is 32.2 Å². The fraction of sp³-hybridized carbons (Fsp3) is 0.350. The van der Waals surface area contributed by atoms with Crippen LogP contribution in [-0.2, 0) is 16.4 Å². The minimum atomic E-state index is -3.31. The fourth-order valence-corrected chi connectivity index (χ4v) is 4.67. The van der Waals surface area contributed by atoms with Gasteiger partial charge in [-0.15, -0.1) is 0 Å². The van der Waals surface area contributed by atoms with Gasteiger partial charge in [0.25, 0.3) is 5.91 Å². The zero-order valence-electron chi connectivity index (χ0n) is 15.4. The van der Waals surface area contributed by atoms with Crippen molar-refractivity contribution in [2.24, 2.45) is 0 Å². The highest BCUT2D eigenvalue weighted by molar-refractivity contribution is 9.10. The quantitative estimate of drug-likeness (QED) is 0.746. The van der Waals surface area contributed by atoms with Gasteiger partial charge in [-0.25, -0.2) is 8.42 Å². The Labute approximate surface area is 169 Å². The summed E-state index contributed by atoms with van der Waals surface area (Å²) >= 11 is 3.42. The van der Waals surface area contributed by atoms with E-state index in [-0.39, 0.29) is 11.9 Å². The van der Waals surface area contributed by atoms with E-state index in [4.69, 9.17) is 0 Å². The SMILES string of the molecule is CC[C@@H](NC(=O)c1ccc2c(c1)CCCN2S(C)(=O)=O)c1ccc(Br)cc1. The van der Waals surface area contributed by atoms with Crippen LogP contribution >= 0.6 is 15.9 Å². The zero-order valence-corrected chi connectivity index (χ0v) is 17.8. The molecular formula is C20H23BrN2O3S. The highest BCUT2D eigenvalue weighted by atomic mass is 79.9. The molecule has 0 aromatic heterocycles. The summed E-state index contributed by atoms with van der Waals surface area (Å²) in [5.41, 5.74) is 3.19. The molecule has 144 valence electrons. The lowest BCUT2D eigenvalue weighted by molar-refractivity contribution is 0.0935. The van der Waals surface area contributed by atoms with Gasteiger partial charge in [0.1, 0.15) is 0 Å². The van der Waals surface area contributed by atoms with Gasteiger partial charge >= 0.3 is 0 Å². The number of fused-ring (bicyclic) bond motifs is 1. The predicted octanol–water partition coefficient (Wildman–Crippen LogP) is 4.04. The summed E-state index contributed by atoms with van der Waals surface area (Å²) in [7, 11) is -3.31. The van der Waals surface area contributed by atoms with Gasteiger partial charge in [-0.3, -0.25) is 9.10 Å². The molecule has 0 spiro atoms. The summed E-state index contributed by atoms with van der Waals surface area (Å²) in [5, 5.41) is 3.08. The molecule has 1 heterocycles. The summed E-state index contributed by atoms with van der Waals surface area (Å²) in [6, 6.07) is 13.1. The Kier molecular flexibility index (Phi) is 5.91. The van der Waals surface area contributed by atoms with E-state index in [9.17, 15) is 13.2 Å². The molecule has 0 bridgehead atoms. The lowest BCUT2D eigenvalue weighted by Gasteiger charge is -2.29. The van der Waals surface area contributed by atoms with Crippen molar-refractivity contribution in [3.8, 4) is 0 Å². The summed E-state index contributed by atoms with van der Waals surface area (Å²) in [6.07, 6.45) is 3.51. The van der Waals surface area contributed by atoms with Crippen LogP contribution in [0.2, 0.25) is 0 Å². The third kappa shape index (κ3) is 4.52. The zero-order chi connectivity index (χ0) is 19.6. The van der Waals surface area contributed by atoms with Crippen molar-refractivity contribution in [1.29, 1.82) is 0 Å². The number of benzene rings is 2. The third-order valence-electron chi connectivity index (χ3n) is 4.80. The van der Waals surface area contributed by atoms with Crippen LogP contribution in [0.3, 0.4) is 0 Å². The summed E-state index contributed by atoms with van der Waals surface area (Å²) in [4.78, 5) is 12.8. The molecule has 0 radical (unpaired) electrons. The van der Waals surface area contributed by atoms with E-state index < -0.39 is 10.0 Å². The van der Waals surface area contributed by atoms with Crippen LogP contribution in [0, 0.1) is 0 Å². The number of hydrogen-bond donors (Lipinski definition) is 1. The highest BCUT2D eigenvalue weighted by Crippen LogP contribution is 2.30. The smallest absolute Gasteiger partial charge is 0.251 e. The third-order valence-corrected chi connectivity index (χ3v) is 6.51. The molecule has 1 atom stereocenters. The Balaban J connectivity index is 1.82. The highest BCUT2D eigenvalue weighted by Gasteiger charge is 2.25. The van der Waals surface area contributed by atoms with Gasteiger partial charge < -0.3 is 5.32 Å². The first-order chi connectivity index (χ1) is 12.8. The normalized spacial score (nSPS) is 15.1. The van der Waals surface area contributed by atoms with Crippen molar-refractivity contribution in [3.63, 3.8) is 0 Å². The second-order valence-corrected chi connectivity index (χ2v) is 9.59. The summed E-state index contributed by atoms with van der Waals surface area (Å²) < 4.78 is 26.4. The topological polar surface area (TPSA) is 66.5 Å². The molecule has 0 saturated carbocycles. The molecule has 27 heavy (non-hydrogen) atoms. The molecule has 2 aromatic carbocycles. The number of nitrogens with one attached hydrogen (secondary N) is 1. The Morgan fingerprint density at radius 3 is 2.56 bits per heavy atom. The molecule has 0 saturated heterocycles. The van der Waals surface area contributed by atoms with E-state index >= 15 is 0 Å². The van der Waals surface area contributed by atoms with Crippen LogP contribution in [-0.4, -0.2) is 27.1 Å². The number of carbonyl (C=O) groups excluding carboxylic acids is 1. The standard InChI is InChI=1S/C20H23BrN2O3S/c1-3-18(14-6-9-17(21)10-7-14)22-20(24)16-8-11-19-15(13-16)5-4-12-23(19)27(2,25)26/h6-11,13,18H,3-5,12H2,1-2H3,(H,22,24)/t18-/m1/s1. The van der Waals surface area contributed by atoms with Gasteiger partial charge in [0.05, 0.1) is 18.0 Å². The monoisotopic (exact) mass is 450 g/mol. The van der Waals surface area contributed by atoms with Crippen molar-refractivity contribution in [1.82, 2.24) is 5.32 Å². The lowest BCUT2D eigenvalue weighted by Crippen LogP contribution is -2.35. The first kappa shape index (κ1) is 19.9. The molecule has 1 aliphatic rings. The molecule has 2 aromatic rings. The maximum absolute atomic E-state index is 12.8.